The Morgan fingerprint density at radius 3 is 2.23 bits per heavy atom. The lowest BCUT2D eigenvalue weighted by atomic mass is 10.1. The Kier molecular flexibility index (Phi) is 4.65. The Labute approximate surface area is 148 Å². The van der Waals surface area contributed by atoms with E-state index in [0.29, 0.717) is 26.5 Å². The number of hydrogen-bond acceptors (Lipinski definition) is 1. The van der Waals surface area contributed by atoms with E-state index in [2.05, 4.69) is 9.97 Å². The Bertz CT molecular complexity index is 807. The largest absolute Gasteiger partial charge is 0.348 e. The highest BCUT2D eigenvalue weighted by Gasteiger charge is 2.12. The molecule has 2 aromatic carbocycles. The van der Waals surface area contributed by atoms with Gasteiger partial charge in [-0.3, -0.25) is 0 Å². The second-order valence-electron chi connectivity index (χ2n) is 4.71. The molecular weight excluding hydrogens is 362 g/mol. The van der Waals surface area contributed by atoms with Crippen LogP contribution in [0.2, 0.25) is 20.1 Å². The minimum Gasteiger partial charge on any atom is -0.348 e. The summed E-state index contributed by atoms with van der Waals surface area (Å²) in [6.07, 6.45) is 2.30. The smallest absolute Gasteiger partial charge is 0.111 e. The van der Waals surface area contributed by atoms with Crippen LogP contribution in [0.25, 0.3) is 11.3 Å². The van der Waals surface area contributed by atoms with Crippen molar-refractivity contribution in [1.29, 1.82) is 0 Å². The molecule has 6 heteroatoms. The zero-order valence-electron chi connectivity index (χ0n) is 11.2. The highest BCUT2D eigenvalue weighted by molar-refractivity contribution is 6.43. The first-order valence-corrected chi connectivity index (χ1v) is 7.99. The number of hydrogen-bond donors (Lipinski definition) is 1. The molecule has 0 aliphatic heterocycles. The number of nitrogens with zero attached hydrogens (tertiary/aromatic N) is 1. The highest BCUT2D eigenvalue weighted by atomic mass is 35.5. The summed E-state index contributed by atoms with van der Waals surface area (Å²) in [4.78, 5) is 7.67. The lowest BCUT2D eigenvalue weighted by Crippen LogP contribution is -1.93. The molecule has 0 amide bonds. The second-order valence-corrected chi connectivity index (χ2v) is 6.31. The van der Waals surface area contributed by atoms with Crippen molar-refractivity contribution in [3.8, 4) is 11.3 Å². The summed E-state index contributed by atoms with van der Waals surface area (Å²) < 4.78 is 0. The van der Waals surface area contributed by atoms with E-state index in [9.17, 15) is 0 Å². The van der Waals surface area contributed by atoms with E-state index < -0.39 is 0 Å². The van der Waals surface area contributed by atoms with Crippen molar-refractivity contribution < 1.29 is 0 Å². The monoisotopic (exact) mass is 370 g/mol. The van der Waals surface area contributed by atoms with Crippen LogP contribution in [-0.4, -0.2) is 9.97 Å². The fourth-order valence-corrected chi connectivity index (χ4v) is 3.09. The van der Waals surface area contributed by atoms with Crippen molar-refractivity contribution in [1.82, 2.24) is 9.97 Å². The Morgan fingerprint density at radius 2 is 1.50 bits per heavy atom. The number of H-pyrrole nitrogens is 1. The minimum atomic E-state index is 0.484. The summed E-state index contributed by atoms with van der Waals surface area (Å²) in [5.41, 5.74) is 2.34. The van der Waals surface area contributed by atoms with Crippen molar-refractivity contribution in [2.75, 3.05) is 0 Å². The summed E-state index contributed by atoms with van der Waals surface area (Å²) in [5.74, 6) is 0.751. The standard InChI is InChI=1S/C16H10Cl4N2/c17-11-4-2-5-12(18)10(11)7-15-21-8-14(22-15)9-3-1-6-13(19)16(9)20/h1-6,8H,7H2,(H,21,22). The van der Waals surface area contributed by atoms with Crippen LogP contribution in [0.3, 0.4) is 0 Å². The maximum absolute atomic E-state index is 6.22. The van der Waals surface area contributed by atoms with Gasteiger partial charge in [0.1, 0.15) is 5.82 Å². The predicted molar refractivity (Wildman–Crippen MR) is 93.3 cm³/mol. The number of aromatic nitrogens is 2. The number of halogens is 4. The van der Waals surface area contributed by atoms with Gasteiger partial charge < -0.3 is 4.98 Å². The van der Waals surface area contributed by atoms with Gasteiger partial charge in [0, 0.05) is 28.2 Å². The van der Waals surface area contributed by atoms with E-state index in [1.807, 2.05) is 18.2 Å². The number of rotatable bonds is 3. The van der Waals surface area contributed by atoms with Crippen molar-refractivity contribution in [2.24, 2.45) is 0 Å². The molecule has 0 fully saturated rings. The van der Waals surface area contributed by atoms with Gasteiger partial charge in [-0.15, -0.1) is 0 Å². The second kappa shape index (κ2) is 6.51. The van der Waals surface area contributed by atoms with Crippen LogP contribution >= 0.6 is 46.4 Å². The molecule has 0 spiro atoms. The number of aromatic amines is 1. The van der Waals surface area contributed by atoms with Crippen molar-refractivity contribution >= 4 is 46.4 Å². The average Bonchev–Trinajstić information content (AvgIpc) is 2.94. The van der Waals surface area contributed by atoms with E-state index in [1.54, 1.807) is 24.4 Å². The molecule has 0 aliphatic rings. The molecular formula is C16H10Cl4N2. The van der Waals surface area contributed by atoms with Crippen molar-refractivity contribution in [3.63, 3.8) is 0 Å². The number of nitrogens with one attached hydrogen (secondary N) is 1. The van der Waals surface area contributed by atoms with Crippen molar-refractivity contribution in [2.45, 2.75) is 6.42 Å². The quantitative estimate of drug-likeness (QED) is 0.576. The zero-order chi connectivity index (χ0) is 15.7. The van der Waals surface area contributed by atoms with Crippen LogP contribution in [0.1, 0.15) is 11.4 Å². The summed E-state index contributed by atoms with van der Waals surface area (Å²) in [7, 11) is 0. The summed E-state index contributed by atoms with van der Waals surface area (Å²) >= 11 is 24.6. The topological polar surface area (TPSA) is 28.7 Å². The third-order valence-corrected chi connectivity index (χ3v) is 4.79. The van der Waals surface area contributed by atoms with Crippen molar-refractivity contribution in [3.05, 3.63) is 74.1 Å². The molecule has 1 N–H and O–H groups in total. The molecule has 3 aromatic rings. The van der Waals surface area contributed by atoms with E-state index in [-0.39, 0.29) is 0 Å². The van der Waals surface area contributed by atoms with Crippen LogP contribution in [-0.2, 0) is 6.42 Å². The first kappa shape index (κ1) is 15.7. The molecule has 1 aromatic heterocycles. The molecule has 0 bridgehead atoms. The van der Waals surface area contributed by atoms with Gasteiger partial charge in [-0.25, -0.2) is 4.98 Å². The van der Waals surface area contributed by atoms with Crippen LogP contribution in [0.15, 0.2) is 42.6 Å². The van der Waals surface area contributed by atoms with Gasteiger partial charge in [-0.1, -0.05) is 64.6 Å². The number of benzene rings is 2. The fraction of sp³-hybridized carbons (Fsp3) is 0.0625. The Morgan fingerprint density at radius 1 is 0.864 bits per heavy atom. The van der Waals surface area contributed by atoms with E-state index in [1.165, 1.54) is 0 Å². The molecule has 0 saturated carbocycles. The van der Waals surface area contributed by atoms with Gasteiger partial charge in [0.05, 0.1) is 15.7 Å². The van der Waals surface area contributed by atoms with E-state index in [4.69, 9.17) is 46.4 Å². The van der Waals surface area contributed by atoms with Gasteiger partial charge in [0.15, 0.2) is 0 Å². The zero-order valence-corrected chi connectivity index (χ0v) is 14.2. The summed E-state index contributed by atoms with van der Waals surface area (Å²) in [6.45, 7) is 0. The molecule has 0 atom stereocenters. The van der Waals surface area contributed by atoms with Crippen LogP contribution in [0.5, 0.6) is 0 Å². The number of imidazole rings is 1. The van der Waals surface area contributed by atoms with Gasteiger partial charge in [-0.05, 0) is 23.8 Å². The molecule has 2 nitrogen and oxygen atoms in total. The first-order chi connectivity index (χ1) is 10.6. The molecule has 0 radical (unpaired) electrons. The third-order valence-electron chi connectivity index (χ3n) is 3.26. The first-order valence-electron chi connectivity index (χ1n) is 6.48. The fourth-order valence-electron chi connectivity index (χ4n) is 2.16. The van der Waals surface area contributed by atoms with Crippen LogP contribution in [0.4, 0.5) is 0 Å². The van der Waals surface area contributed by atoms with Gasteiger partial charge >= 0.3 is 0 Å². The summed E-state index contributed by atoms with van der Waals surface area (Å²) in [5, 5.41) is 2.22. The Balaban J connectivity index is 1.93. The van der Waals surface area contributed by atoms with E-state index in [0.717, 1.165) is 22.6 Å². The van der Waals surface area contributed by atoms with Gasteiger partial charge in [-0.2, -0.15) is 0 Å². The van der Waals surface area contributed by atoms with Gasteiger partial charge in [0.25, 0.3) is 0 Å². The SMILES string of the molecule is Clc1cccc(-c2c[nH]c(Cc3c(Cl)cccc3Cl)n2)c1Cl. The lowest BCUT2D eigenvalue weighted by Gasteiger charge is -2.04. The van der Waals surface area contributed by atoms with Gasteiger partial charge in [0.2, 0.25) is 0 Å². The maximum atomic E-state index is 6.22. The Hall–Kier alpha value is -1.19. The normalized spacial score (nSPS) is 10.9. The molecule has 22 heavy (non-hydrogen) atoms. The molecule has 1 heterocycles. The third kappa shape index (κ3) is 3.11. The van der Waals surface area contributed by atoms with E-state index >= 15 is 0 Å². The highest BCUT2D eigenvalue weighted by Crippen LogP contribution is 2.33. The lowest BCUT2D eigenvalue weighted by molar-refractivity contribution is 1.03. The summed E-state index contributed by atoms with van der Waals surface area (Å²) in [6, 6.07) is 10.9. The van der Waals surface area contributed by atoms with Crippen LogP contribution in [0, 0.1) is 0 Å². The van der Waals surface area contributed by atoms with Crippen LogP contribution < -0.4 is 0 Å². The average molecular weight is 372 g/mol. The molecule has 0 saturated heterocycles. The molecule has 3 rings (SSSR count). The molecule has 112 valence electrons. The minimum absolute atomic E-state index is 0.484. The molecule has 0 aliphatic carbocycles. The molecule has 0 unspecified atom stereocenters. The maximum Gasteiger partial charge on any atom is 0.111 e. The predicted octanol–water partition coefficient (Wildman–Crippen LogP) is 6.28.